The standard InChI is InChI=1S/C11H11F2NO4/c12-6-5-11(7(13)4-8(6)14(16)17)18-10-3-1-2-9(10)15/h4-5,9-10,15H,1-3H2/t9-,10-/m0/s1. The second-order valence-corrected chi connectivity index (χ2v) is 4.15. The van der Waals surface area contributed by atoms with Gasteiger partial charge in [-0.3, -0.25) is 10.1 Å². The molecule has 2 rings (SSSR count). The first kappa shape index (κ1) is 12.7. The molecule has 0 radical (unpaired) electrons. The Morgan fingerprint density at radius 3 is 2.61 bits per heavy atom. The van der Waals surface area contributed by atoms with Gasteiger partial charge in [-0.05, 0) is 19.3 Å². The number of ether oxygens (including phenoxy) is 1. The third-order valence-corrected chi connectivity index (χ3v) is 2.89. The first-order chi connectivity index (χ1) is 8.49. The van der Waals surface area contributed by atoms with E-state index >= 15 is 0 Å². The molecule has 1 N–H and O–H groups in total. The van der Waals surface area contributed by atoms with E-state index in [9.17, 15) is 24.0 Å². The summed E-state index contributed by atoms with van der Waals surface area (Å²) in [5, 5.41) is 19.9. The number of nitro benzene ring substituents is 1. The number of aliphatic hydroxyl groups is 1. The molecule has 5 nitrogen and oxygen atoms in total. The zero-order valence-corrected chi connectivity index (χ0v) is 9.31. The van der Waals surface area contributed by atoms with Crippen molar-refractivity contribution in [2.75, 3.05) is 0 Å². The summed E-state index contributed by atoms with van der Waals surface area (Å²) in [6.45, 7) is 0. The zero-order chi connectivity index (χ0) is 13.3. The van der Waals surface area contributed by atoms with Gasteiger partial charge in [0.15, 0.2) is 11.6 Å². The normalized spacial score (nSPS) is 23.1. The lowest BCUT2D eigenvalue weighted by atomic mass is 10.2. The molecule has 98 valence electrons. The highest BCUT2D eigenvalue weighted by Crippen LogP contribution is 2.30. The van der Waals surface area contributed by atoms with Crippen LogP contribution in [0, 0.1) is 21.7 Å². The highest BCUT2D eigenvalue weighted by atomic mass is 19.1. The molecule has 1 aromatic rings. The lowest BCUT2D eigenvalue weighted by Crippen LogP contribution is -2.26. The topological polar surface area (TPSA) is 72.6 Å². The van der Waals surface area contributed by atoms with Crippen LogP contribution >= 0.6 is 0 Å². The quantitative estimate of drug-likeness (QED) is 0.667. The van der Waals surface area contributed by atoms with Crippen molar-refractivity contribution in [2.24, 2.45) is 0 Å². The van der Waals surface area contributed by atoms with Gasteiger partial charge in [0.05, 0.1) is 17.1 Å². The molecule has 2 atom stereocenters. The maximum absolute atomic E-state index is 13.5. The van der Waals surface area contributed by atoms with Crippen LogP contribution in [0.4, 0.5) is 14.5 Å². The van der Waals surface area contributed by atoms with E-state index in [4.69, 9.17) is 4.74 Å². The van der Waals surface area contributed by atoms with Crippen LogP contribution in [0.3, 0.4) is 0 Å². The highest BCUT2D eigenvalue weighted by Gasteiger charge is 2.29. The fourth-order valence-electron chi connectivity index (χ4n) is 1.96. The van der Waals surface area contributed by atoms with Crippen molar-refractivity contribution in [3.63, 3.8) is 0 Å². The minimum atomic E-state index is -1.16. The van der Waals surface area contributed by atoms with Gasteiger partial charge in [0.2, 0.25) is 5.82 Å². The van der Waals surface area contributed by atoms with E-state index in [0.29, 0.717) is 25.0 Å². The van der Waals surface area contributed by atoms with Gasteiger partial charge in [-0.15, -0.1) is 0 Å². The Labute approximate surface area is 101 Å². The van der Waals surface area contributed by atoms with Gasteiger partial charge in [-0.2, -0.15) is 4.39 Å². The number of aliphatic hydroxyl groups excluding tert-OH is 1. The Balaban J connectivity index is 2.23. The Hall–Kier alpha value is -1.76. The molecule has 1 aromatic carbocycles. The van der Waals surface area contributed by atoms with E-state index in [1.807, 2.05) is 0 Å². The number of nitro groups is 1. The first-order valence-electron chi connectivity index (χ1n) is 5.47. The summed E-state index contributed by atoms with van der Waals surface area (Å²) < 4.78 is 31.9. The Morgan fingerprint density at radius 1 is 1.33 bits per heavy atom. The van der Waals surface area contributed by atoms with Gasteiger partial charge >= 0.3 is 5.69 Å². The highest BCUT2D eigenvalue weighted by molar-refractivity contribution is 5.39. The number of benzene rings is 1. The number of hydrogen-bond donors (Lipinski definition) is 1. The van der Waals surface area contributed by atoms with Crippen molar-refractivity contribution in [2.45, 2.75) is 31.5 Å². The lowest BCUT2D eigenvalue weighted by molar-refractivity contribution is -0.387. The minimum absolute atomic E-state index is 0.413. The van der Waals surface area contributed by atoms with Crippen LogP contribution < -0.4 is 4.74 Å². The molecular weight excluding hydrogens is 248 g/mol. The number of rotatable bonds is 3. The van der Waals surface area contributed by atoms with Crippen molar-refractivity contribution in [1.82, 2.24) is 0 Å². The molecule has 1 fully saturated rings. The molecule has 0 spiro atoms. The average molecular weight is 259 g/mol. The molecule has 0 unspecified atom stereocenters. The maximum Gasteiger partial charge on any atom is 0.307 e. The van der Waals surface area contributed by atoms with Crippen molar-refractivity contribution in [1.29, 1.82) is 0 Å². The van der Waals surface area contributed by atoms with Gasteiger partial charge < -0.3 is 9.84 Å². The number of halogens is 2. The molecule has 0 bridgehead atoms. The molecule has 0 amide bonds. The summed E-state index contributed by atoms with van der Waals surface area (Å²) in [5.41, 5.74) is -0.938. The summed E-state index contributed by atoms with van der Waals surface area (Å²) in [6, 6.07) is 1.12. The molecule has 1 saturated carbocycles. The molecule has 0 aromatic heterocycles. The van der Waals surface area contributed by atoms with Crippen LogP contribution in [0.2, 0.25) is 0 Å². The Kier molecular flexibility index (Phi) is 3.42. The van der Waals surface area contributed by atoms with E-state index in [2.05, 4.69) is 0 Å². The third kappa shape index (κ3) is 2.40. The monoisotopic (exact) mass is 259 g/mol. The van der Waals surface area contributed by atoms with Gasteiger partial charge in [0.25, 0.3) is 0 Å². The summed E-state index contributed by atoms with van der Waals surface area (Å²) >= 11 is 0. The van der Waals surface area contributed by atoms with Gasteiger partial charge in [0, 0.05) is 6.07 Å². The Morgan fingerprint density at radius 2 is 2.06 bits per heavy atom. The predicted molar refractivity (Wildman–Crippen MR) is 57.3 cm³/mol. The second kappa shape index (κ2) is 4.85. The largest absolute Gasteiger partial charge is 0.485 e. The predicted octanol–water partition coefficient (Wildman–Crippen LogP) is 2.17. The molecule has 7 heteroatoms. The summed E-state index contributed by atoms with van der Waals surface area (Å²) in [6.07, 6.45) is 0.507. The third-order valence-electron chi connectivity index (χ3n) is 2.89. The van der Waals surface area contributed by atoms with Crippen LogP contribution in [0.15, 0.2) is 12.1 Å². The molecule has 18 heavy (non-hydrogen) atoms. The van der Waals surface area contributed by atoms with Gasteiger partial charge in [-0.1, -0.05) is 0 Å². The fourth-order valence-corrected chi connectivity index (χ4v) is 1.96. The van der Waals surface area contributed by atoms with Crippen LogP contribution in [0.1, 0.15) is 19.3 Å². The van der Waals surface area contributed by atoms with E-state index in [0.717, 1.165) is 6.42 Å². The van der Waals surface area contributed by atoms with E-state index in [-0.39, 0.29) is 0 Å². The van der Waals surface area contributed by atoms with Crippen LogP contribution in [-0.4, -0.2) is 22.2 Å². The van der Waals surface area contributed by atoms with E-state index < -0.39 is 40.2 Å². The Bertz CT molecular complexity index is 480. The van der Waals surface area contributed by atoms with Crippen molar-refractivity contribution in [3.8, 4) is 5.75 Å². The first-order valence-corrected chi connectivity index (χ1v) is 5.47. The summed E-state index contributed by atoms with van der Waals surface area (Å²) in [5.74, 6) is -2.59. The van der Waals surface area contributed by atoms with Crippen LogP contribution in [0.5, 0.6) is 5.75 Å². The van der Waals surface area contributed by atoms with Gasteiger partial charge in [-0.25, -0.2) is 4.39 Å². The van der Waals surface area contributed by atoms with Crippen molar-refractivity contribution in [3.05, 3.63) is 33.9 Å². The smallest absolute Gasteiger partial charge is 0.307 e. The number of hydrogen-bond acceptors (Lipinski definition) is 4. The minimum Gasteiger partial charge on any atom is -0.485 e. The van der Waals surface area contributed by atoms with Gasteiger partial charge in [0.1, 0.15) is 6.10 Å². The van der Waals surface area contributed by atoms with Crippen molar-refractivity contribution >= 4 is 5.69 Å². The van der Waals surface area contributed by atoms with Crippen LogP contribution in [-0.2, 0) is 0 Å². The van der Waals surface area contributed by atoms with Crippen LogP contribution in [0.25, 0.3) is 0 Å². The average Bonchev–Trinajstić information content (AvgIpc) is 2.69. The van der Waals surface area contributed by atoms with Crippen molar-refractivity contribution < 1.29 is 23.5 Å². The van der Waals surface area contributed by atoms with E-state index in [1.165, 1.54) is 0 Å². The fraction of sp³-hybridized carbons (Fsp3) is 0.455. The molecule has 0 aliphatic heterocycles. The van der Waals surface area contributed by atoms with E-state index in [1.54, 1.807) is 0 Å². The molecule has 0 heterocycles. The zero-order valence-electron chi connectivity index (χ0n) is 9.31. The molecular formula is C11H11F2NO4. The maximum atomic E-state index is 13.5. The lowest BCUT2D eigenvalue weighted by Gasteiger charge is -2.17. The summed E-state index contributed by atoms with van der Waals surface area (Å²) in [7, 11) is 0. The second-order valence-electron chi connectivity index (χ2n) is 4.15. The number of nitrogens with zero attached hydrogens (tertiary/aromatic N) is 1. The summed E-state index contributed by atoms with van der Waals surface area (Å²) in [4.78, 5) is 9.39. The molecule has 1 aliphatic carbocycles. The molecule has 1 aliphatic rings. The molecule has 0 saturated heterocycles. The SMILES string of the molecule is O=[N+]([O-])c1cc(F)c(O[C@H]2CCC[C@@H]2O)cc1F.